The van der Waals surface area contributed by atoms with E-state index < -0.39 is 5.97 Å². The van der Waals surface area contributed by atoms with Crippen LogP contribution >= 0.6 is 23.2 Å². The summed E-state index contributed by atoms with van der Waals surface area (Å²) in [5, 5.41) is 4.05. The van der Waals surface area contributed by atoms with Crippen LogP contribution in [-0.4, -0.2) is 19.0 Å². The van der Waals surface area contributed by atoms with Crippen molar-refractivity contribution in [3.63, 3.8) is 0 Å². The molecule has 5 nitrogen and oxygen atoms in total. The molecule has 0 spiro atoms. The summed E-state index contributed by atoms with van der Waals surface area (Å²) < 4.78 is 10.4. The van der Waals surface area contributed by atoms with Crippen molar-refractivity contribution in [1.82, 2.24) is 0 Å². The number of carbonyl (C=O) groups excluding carboxylic acids is 1. The third-order valence-corrected chi connectivity index (χ3v) is 3.53. The van der Waals surface area contributed by atoms with Crippen LogP contribution in [0.3, 0.4) is 0 Å². The number of ether oxygens (including phenoxy) is 2. The second-order valence-electron chi connectivity index (χ2n) is 4.32. The molecule has 0 aromatic heterocycles. The van der Waals surface area contributed by atoms with E-state index in [2.05, 4.69) is 5.16 Å². The summed E-state index contributed by atoms with van der Waals surface area (Å²) >= 11 is 11.8. The van der Waals surface area contributed by atoms with E-state index in [0.717, 1.165) is 0 Å². The van der Waals surface area contributed by atoms with Gasteiger partial charge < -0.3 is 14.3 Å². The molecular weight excluding hydrogens is 329 g/mol. The standard InChI is InChI=1S/C15H9Cl2NO4/c16-10-2-1-3-11(17)14(10)15(19)22-18-7-9-4-5-12-13(6-9)21-8-20-12/h1-7H,8H2/b18-7+. The van der Waals surface area contributed by atoms with Crippen LogP contribution < -0.4 is 9.47 Å². The molecule has 2 aromatic carbocycles. The van der Waals surface area contributed by atoms with Crippen molar-refractivity contribution in [2.45, 2.75) is 0 Å². The number of rotatable bonds is 3. The molecule has 1 aliphatic rings. The molecule has 0 saturated heterocycles. The molecule has 0 saturated carbocycles. The predicted octanol–water partition coefficient (Wildman–Crippen LogP) is 3.91. The van der Waals surface area contributed by atoms with Crippen molar-refractivity contribution in [1.29, 1.82) is 0 Å². The highest BCUT2D eigenvalue weighted by Gasteiger charge is 2.16. The summed E-state index contributed by atoms with van der Waals surface area (Å²) in [5.74, 6) is 0.550. The van der Waals surface area contributed by atoms with E-state index in [1.54, 1.807) is 36.4 Å². The van der Waals surface area contributed by atoms with Crippen LogP contribution in [0.4, 0.5) is 0 Å². The molecule has 0 aliphatic carbocycles. The molecule has 3 rings (SSSR count). The first-order valence-corrected chi connectivity index (χ1v) is 6.99. The molecule has 0 amide bonds. The van der Waals surface area contributed by atoms with Gasteiger partial charge in [-0.15, -0.1) is 0 Å². The second kappa shape index (κ2) is 6.25. The third kappa shape index (κ3) is 3.00. The van der Waals surface area contributed by atoms with Gasteiger partial charge in [0.1, 0.15) is 0 Å². The summed E-state index contributed by atoms with van der Waals surface area (Å²) in [6.07, 6.45) is 1.38. The average Bonchev–Trinajstić information content (AvgIpc) is 2.94. The fourth-order valence-electron chi connectivity index (χ4n) is 1.87. The topological polar surface area (TPSA) is 57.1 Å². The molecule has 0 fully saturated rings. The summed E-state index contributed by atoms with van der Waals surface area (Å²) in [5.41, 5.74) is 0.774. The minimum Gasteiger partial charge on any atom is -0.454 e. The fraction of sp³-hybridized carbons (Fsp3) is 0.0667. The van der Waals surface area contributed by atoms with Gasteiger partial charge >= 0.3 is 5.97 Å². The van der Waals surface area contributed by atoms with Gasteiger partial charge in [-0.1, -0.05) is 34.4 Å². The lowest BCUT2D eigenvalue weighted by atomic mass is 10.2. The Kier molecular flexibility index (Phi) is 4.18. The smallest absolute Gasteiger partial charge is 0.368 e. The minimum atomic E-state index is -0.729. The number of carbonyl (C=O) groups is 1. The Bertz CT molecular complexity index is 741. The summed E-state index contributed by atoms with van der Waals surface area (Å²) in [6.45, 7) is 0.190. The summed E-state index contributed by atoms with van der Waals surface area (Å²) in [6, 6.07) is 9.96. The van der Waals surface area contributed by atoms with Gasteiger partial charge in [-0.25, -0.2) is 4.79 Å². The Morgan fingerprint density at radius 1 is 1.14 bits per heavy atom. The number of hydrogen-bond acceptors (Lipinski definition) is 5. The van der Waals surface area contributed by atoms with E-state index in [-0.39, 0.29) is 22.4 Å². The molecule has 0 unspecified atom stereocenters. The van der Waals surface area contributed by atoms with E-state index in [9.17, 15) is 4.79 Å². The SMILES string of the molecule is O=C(O/N=C/c1ccc2c(c1)OCO2)c1c(Cl)cccc1Cl. The van der Waals surface area contributed by atoms with Gasteiger partial charge in [-0.3, -0.25) is 0 Å². The molecule has 2 aromatic rings. The molecule has 22 heavy (non-hydrogen) atoms. The Hall–Kier alpha value is -2.24. The Morgan fingerprint density at radius 3 is 2.64 bits per heavy atom. The van der Waals surface area contributed by atoms with Crippen LogP contribution in [0.15, 0.2) is 41.6 Å². The van der Waals surface area contributed by atoms with Gasteiger partial charge in [0.25, 0.3) is 0 Å². The van der Waals surface area contributed by atoms with Crippen LogP contribution in [0.25, 0.3) is 0 Å². The van der Waals surface area contributed by atoms with E-state index in [4.69, 9.17) is 37.5 Å². The molecule has 1 aliphatic heterocycles. The number of nitrogens with zero attached hydrogens (tertiary/aromatic N) is 1. The van der Waals surface area contributed by atoms with Gasteiger partial charge in [0, 0.05) is 5.56 Å². The first kappa shape index (κ1) is 14.7. The van der Waals surface area contributed by atoms with Crippen molar-refractivity contribution in [3.05, 3.63) is 57.6 Å². The minimum absolute atomic E-state index is 0.0775. The van der Waals surface area contributed by atoms with E-state index >= 15 is 0 Å². The van der Waals surface area contributed by atoms with Crippen molar-refractivity contribution < 1.29 is 19.1 Å². The molecule has 0 bridgehead atoms. The van der Waals surface area contributed by atoms with Crippen molar-refractivity contribution in [2.75, 3.05) is 6.79 Å². The second-order valence-corrected chi connectivity index (χ2v) is 5.14. The Labute approximate surface area is 136 Å². The number of hydrogen-bond donors (Lipinski definition) is 0. The van der Waals surface area contributed by atoms with E-state index in [1.807, 2.05) is 0 Å². The molecule has 7 heteroatoms. The molecule has 1 heterocycles. The quantitative estimate of drug-likeness (QED) is 0.484. The maximum absolute atomic E-state index is 11.9. The third-order valence-electron chi connectivity index (χ3n) is 2.90. The maximum Gasteiger partial charge on any atom is 0.368 e. The van der Waals surface area contributed by atoms with Crippen molar-refractivity contribution >= 4 is 35.4 Å². The van der Waals surface area contributed by atoms with Gasteiger partial charge in [0.2, 0.25) is 6.79 Å². The predicted molar refractivity (Wildman–Crippen MR) is 82.0 cm³/mol. The highest BCUT2D eigenvalue weighted by Crippen LogP contribution is 2.32. The zero-order chi connectivity index (χ0) is 15.5. The van der Waals surface area contributed by atoms with Gasteiger partial charge in [-0.2, -0.15) is 0 Å². The lowest BCUT2D eigenvalue weighted by Gasteiger charge is -2.03. The normalized spacial score (nSPS) is 12.6. The number of oxime groups is 1. The number of fused-ring (bicyclic) bond motifs is 1. The first-order valence-electron chi connectivity index (χ1n) is 6.23. The summed E-state index contributed by atoms with van der Waals surface area (Å²) in [7, 11) is 0. The molecule has 112 valence electrons. The van der Waals surface area contributed by atoms with Gasteiger partial charge in [0.15, 0.2) is 11.5 Å². The lowest BCUT2D eigenvalue weighted by molar-refractivity contribution is 0.0519. The lowest BCUT2D eigenvalue weighted by Crippen LogP contribution is -2.03. The fourth-order valence-corrected chi connectivity index (χ4v) is 2.42. The zero-order valence-electron chi connectivity index (χ0n) is 11.1. The largest absolute Gasteiger partial charge is 0.454 e. The van der Waals surface area contributed by atoms with Crippen LogP contribution in [0.5, 0.6) is 11.5 Å². The van der Waals surface area contributed by atoms with Crippen LogP contribution in [0.1, 0.15) is 15.9 Å². The van der Waals surface area contributed by atoms with E-state index in [1.165, 1.54) is 6.21 Å². The average molecular weight is 338 g/mol. The monoisotopic (exact) mass is 337 g/mol. The Balaban J connectivity index is 1.71. The van der Waals surface area contributed by atoms with Crippen LogP contribution in [0, 0.1) is 0 Å². The number of halogens is 2. The van der Waals surface area contributed by atoms with Crippen LogP contribution in [-0.2, 0) is 4.84 Å². The van der Waals surface area contributed by atoms with Gasteiger partial charge in [0.05, 0.1) is 21.8 Å². The molecule has 0 radical (unpaired) electrons. The first-order chi connectivity index (χ1) is 10.6. The number of benzene rings is 2. The molecular formula is C15H9Cl2NO4. The maximum atomic E-state index is 11.9. The van der Waals surface area contributed by atoms with Crippen molar-refractivity contribution in [3.8, 4) is 11.5 Å². The van der Waals surface area contributed by atoms with Crippen molar-refractivity contribution in [2.24, 2.45) is 5.16 Å². The van der Waals surface area contributed by atoms with E-state index in [0.29, 0.717) is 17.1 Å². The van der Waals surface area contributed by atoms with Crippen LogP contribution in [0.2, 0.25) is 10.0 Å². The molecule has 0 N–H and O–H groups in total. The highest BCUT2D eigenvalue weighted by atomic mass is 35.5. The molecule has 0 atom stereocenters. The summed E-state index contributed by atoms with van der Waals surface area (Å²) in [4.78, 5) is 16.7. The highest BCUT2D eigenvalue weighted by molar-refractivity contribution is 6.39. The Morgan fingerprint density at radius 2 is 1.86 bits per heavy atom. The zero-order valence-corrected chi connectivity index (χ0v) is 12.6. The van der Waals surface area contributed by atoms with Gasteiger partial charge in [-0.05, 0) is 30.3 Å².